The van der Waals surface area contributed by atoms with Gasteiger partial charge in [0.25, 0.3) is 0 Å². The molecule has 1 aliphatic heterocycles. The molecule has 7 heteroatoms. The summed E-state index contributed by atoms with van der Waals surface area (Å²) in [4.78, 5) is 29.9. The van der Waals surface area contributed by atoms with Crippen molar-refractivity contribution in [2.45, 2.75) is 25.3 Å². The number of nitrogens with zero attached hydrogens (tertiary/aromatic N) is 1. The molecule has 0 bridgehead atoms. The third-order valence-corrected chi connectivity index (χ3v) is 3.26. The maximum atomic E-state index is 12.0. The number of carboxylic acids is 1. The molecule has 1 fully saturated rings. The minimum atomic E-state index is -1.04. The average molecular weight is 266 g/mol. The number of rotatable bonds is 5. The highest BCUT2D eigenvalue weighted by Crippen LogP contribution is 2.10. The quantitative estimate of drug-likeness (QED) is 0.576. The van der Waals surface area contributed by atoms with Gasteiger partial charge in [0.1, 0.15) is 6.04 Å². The number of amides is 1. The summed E-state index contributed by atoms with van der Waals surface area (Å²) in [5.74, 6) is -1.37. The standard InChI is InChI=1S/C12H18N4O3/c17-11(8-2-1-3-13-5-8)16-10(12(18)19)4-9-6-14-7-15-9/h6-8,10,13H,1-5H2,(H,14,15)(H,16,17)(H,18,19)/t8-,10?/m1/s1. The van der Waals surface area contributed by atoms with Crippen molar-refractivity contribution in [3.05, 3.63) is 18.2 Å². The number of carboxylic acid groups (broad SMARTS) is 1. The van der Waals surface area contributed by atoms with Crippen LogP contribution in [0.4, 0.5) is 0 Å². The normalized spacial score (nSPS) is 20.7. The van der Waals surface area contributed by atoms with Crippen LogP contribution in [0, 0.1) is 5.92 Å². The van der Waals surface area contributed by atoms with E-state index < -0.39 is 12.0 Å². The third kappa shape index (κ3) is 3.78. The Kier molecular flexibility index (Phi) is 4.51. The smallest absolute Gasteiger partial charge is 0.326 e. The topological polar surface area (TPSA) is 107 Å². The van der Waals surface area contributed by atoms with Crippen molar-refractivity contribution < 1.29 is 14.7 Å². The number of aliphatic carboxylic acids is 1. The molecule has 2 atom stereocenters. The van der Waals surface area contributed by atoms with Crippen LogP contribution in [-0.2, 0) is 16.0 Å². The Morgan fingerprint density at radius 2 is 2.42 bits per heavy atom. The molecule has 1 unspecified atom stereocenters. The second-order valence-corrected chi connectivity index (χ2v) is 4.72. The van der Waals surface area contributed by atoms with Crippen molar-refractivity contribution >= 4 is 11.9 Å². The number of nitrogens with one attached hydrogen (secondary N) is 3. The van der Waals surface area contributed by atoms with Gasteiger partial charge in [-0.25, -0.2) is 9.78 Å². The van der Waals surface area contributed by atoms with Crippen molar-refractivity contribution in [1.29, 1.82) is 0 Å². The molecular weight excluding hydrogens is 248 g/mol. The predicted octanol–water partition coefficient (Wildman–Crippen LogP) is -0.479. The van der Waals surface area contributed by atoms with E-state index in [0.717, 1.165) is 19.4 Å². The summed E-state index contributed by atoms with van der Waals surface area (Å²) < 4.78 is 0. The van der Waals surface area contributed by atoms with E-state index >= 15 is 0 Å². The lowest BCUT2D eigenvalue weighted by molar-refractivity contribution is -0.142. The van der Waals surface area contributed by atoms with Crippen molar-refractivity contribution in [2.75, 3.05) is 13.1 Å². The summed E-state index contributed by atoms with van der Waals surface area (Å²) >= 11 is 0. The molecule has 0 aliphatic carbocycles. The van der Waals surface area contributed by atoms with Gasteiger partial charge in [-0.2, -0.15) is 0 Å². The van der Waals surface area contributed by atoms with Crippen LogP contribution in [0.5, 0.6) is 0 Å². The van der Waals surface area contributed by atoms with E-state index in [1.165, 1.54) is 6.33 Å². The van der Waals surface area contributed by atoms with E-state index in [4.69, 9.17) is 5.11 Å². The number of H-pyrrole nitrogens is 1. The van der Waals surface area contributed by atoms with Crippen molar-refractivity contribution in [2.24, 2.45) is 5.92 Å². The summed E-state index contributed by atoms with van der Waals surface area (Å²) in [7, 11) is 0. The molecule has 7 nitrogen and oxygen atoms in total. The summed E-state index contributed by atoms with van der Waals surface area (Å²) in [6, 6.07) is -0.921. The van der Waals surface area contributed by atoms with Crippen molar-refractivity contribution in [3.8, 4) is 0 Å². The summed E-state index contributed by atoms with van der Waals surface area (Å²) in [5, 5.41) is 14.9. The molecule has 2 heterocycles. The lowest BCUT2D eigenvalue weighted by Crippen LogP contribution is -2.48. The molecular formula is C12H18N4O3. The average Bonchev–Trinajstić information content (AvgIpc) is 2.91. The van der Waals surface area contributed by atoms with Crippen LogP contribution in [0.3, 0.4) is 0 Å². The van der Waals surface area contributed by atoms with E-state index in [0.29, 0.717) is 12.2 Å². The molecule has 1 aromatic rings. The van der Waals surface area contributed by atoms with Gasteiger partial charge >= 0.3 is 5.97 Å². The minimum absolute atomic E-state index is 0.141. The maximum absolute atomic E-state index is 12.0. The van der Waals surface area contributed by atoms with Crippen LogP contribution in [0.25, 0.3) is 0 Å². The summed E-state index contributed by atoms with van der Waals surface area (Å²) in [5.41, 5.74) is 0.689. The van der Waals surface area contributed by atoms with Crippen LogP contribution in [0.1, 0.15) is 18.5 Å². The predicted molar refractivity (Wildman–Crippen MR) is 67.5 cm³/mol. The molecule has 1 saturated heterocycles. The van der Waals surface area contributed by atoms with E-state index in [9.17, 15) is 9.59 Å². The van der Waals surface area contributed by atoms with Crippen LogP contribution in [0.15, 0.2) is 12.5 Å². The fourth-order valence-electron chi connectivity index (χ4n) is 2.18. The first-order valence-electron chi connectivity index (χ1n) is 6.38. The van der Waals surface area contributed by atoms with Crippen LogP contribution in [-0.4, -0.2) is 46.1 Å². The van der Waals surface area contributed by atoms with E-state index in [2.05, 4.69) is 20.6 Å². The first-order chi connectivity index (χ1) is 9.16. The molecule has 0 saturated carbocycles. The SMILES string of the molecule is O=C(O)C(Cc1cnc[nH]1)NC(=O)[C@@H]1CCCNC1. The number of carbonyl (C=O) groups excluding carboxylic acids is 1. The van der Waals surface area contributed by atoms with Crippen molar-refractivity contribution in [3.63, 3.8) is 0 Å². The second kappa shape index (κ2) is 6.33. The molecule has 104 valence electrons. The molecule has 0 spiro atoms. The highest BCUT2D eigenvalue weighted by Gasteiger charge is 2.26. The van der Waals surface area contributed by atoms with E-state index in [1.54, 1.807) is 6.20 Å². The van der Waals surface area contributed by atoms with Crippen LogP contribution >= 0.6 is 0 Å². The van der Waals surface area contributed by atoms with Gasteiger partial charge in [0, 0.05) is 24.9 Å². The Morgan fingerprint density at radius 3 is 3.00 bits per heavy atom. The number of aromatic nitrogens is 2. The van der Waals surface area contributed by atoms with Gasteiger partial charge in [0.2, 0.25) is 5.91 Å². The largest absolute Gasteiger partial charge is 0.480 e. The monoisotopic (exact) mass is 266 g/mol. The van der Waals surface area contributed by atoms with Crippen LogP contribution in [0.2, 0.25) is 0 Å². The number of imidazole rings is 1. The van der Waals surface area contributed by atoms with Gasteiger partial charge in [-0.3, -0.25) is 4.79 Å². The molecule has 1 amide bonds. The Morgan fingerprint density at radius 1 is 1.58 bits per heavy atom. The van der Waals surface area contributed by atoms with Crippen molar-refractivity contribution in [1.82, 2.24) is 20.6 Å². The fraction of sp³-hybridized carbons (Fsp3) is 0.583. The highest BCUT2D eigenvalue weighted by molar-refractivity contribution is 5.85. The third-order valence-electron chi connectivity index (χ3n) is 3.26. The van der Waals surface area contributed by atoms with Crippen LogP contribution < -0.4 is 10.6 Å². The lowest BCUT2D eigenvalue weighted by atomic mass is 9.98. The van der Waals surface area contributed by atoms with Gasteiger partial charge in [0.05, 0.1) is 12.2 Å². The van der Waals surface area contributed by atoms with E-state index in [1.807, 2.05) is 0 Å². The molecule has 2 rings (SSSR count). The Hall–Kier alpha value is -1.89. The molecule has 4 N–H and O–H groups in total. The summed E-state index contributed by atoms with van der Waals surface area (Å²) in [6.45, 7) is 1.53. The van der Waals surface area contributed by atoms with Gasteiger partial charge in [-0.15, -0.1) is 0 Å². The molecule has 0 radical (unpaired) electrons. The zero-order chi connectivity index (χ0) is 13.7. The molecule has 0 aromatic carbocycles. The Balaban J connectivity index is 1.92. The molecule has 19 heavy (non-hydrogen) atoms. The van der Waals surface area contributed by atoms with E-state index in [-0.39, 0.29) is 18.2 Å². The van der Waals surface area contributed by atoms with Gasteiger partial charge < -0.3 is 20.7 Å². The number of carbonyl (C=O) groups is 2. The first-order valence-corrected chi connectivity index (χ1v) is 6.38. The Bertz CT molecular complexity index is 426. The Labute approximate surface area is 110 Å². The summed E-state index contributed by atoms with van der Waals surface area (Å²) in [6.07, 6.45) is 5.00. The van der Waals surface area contributed by atoms with Gasteiger partial charge in [-0.1, -0.05) is 0 Å². The second-order valence-electron chi connectivity index (χ2n) is 4.72. The zero-order valence-electron chi connectivity index (χ0n) is 10.6. The van der Waals surface area contributed by atoms with Gasteiger partial charge in [-0.05, 0) is 19.4 Å². The number of aromatic amines is 1. The molecule has 1 aromatic heterocycles. The molecule has 1 aliphatic rings. The number of hydrogen-bond donors (Lipinski definition) is 4. The highest BCUT2D eigenvalue weighted by atomic mass is 16.4. The first kappa shape index (κ1) is 13.5. The number of piperidine rings is 1. The fourth-order valence-corrected chi connectivity index (χ4v) is 2.18. The number of hydrogen-bond acceptors (Lipinski definition) is 4. The lowest BCUT2D eigenvalue weighted by Gasteiger charge is -2.23. The van der Waals surface area contributed by atoms with Gasteiger partial charge in [0.15, 0.2) is 0 Å². The zero-order valence-corrected chi connectivity index (χ0v) is 10.6. The maximum Gasteiger partial charge on any atom is 0.326 e. The minimum Gasteiger partial charge on any atom is -0.480 e.